The van der Waals surface area contributed by atoms with Crippen molar-refractivity contribution in [3.05, 3.63) is 58.2 Å². The first kappa shape index (κ1) is 33.9. The van der Waals surface area contributed by atoms with Crippen LogP contribution < -0.4 is 10.6 Å². The van der Waals surface area contributed by atoms with E-state index in [1.165, 1.54) is 12.3 Å². The number of carboxylic acid groups (broad SMARTS) is 1. The number of rotatable bonds is 11. The average molecular weight is 573 g/mol. The van der Waals surface area contributed by atoms with Gasteiger partial charge in [-0.05, 0) is 30.2 Å². The van der Waals surface area contributed by atoms with Crippen LogP contribution >= 0.6 is 0 Å². The number of ether oxygens (including phenoxy) is 1. The second-order valence-corrected chi connectivity index (χ2v) is 8.92. The molecule has 14 heteroatoms. The summed E-state index contributed by atoms with van der Waals surface area (Å²) in [5.74, 6) is -3.12. The lowest BCUT2D eigenvalue weighted by Gasteiger charge is -2.11. The number of carbonyl (C=O) groups is 4. The van der Waals surface area contributed by atoms with Gasteiger partial charge in [-0.2, -0.15) is 0 Å². The van der Waals surface area contributed by atoms with E-state index in [4.69, 9.17) is 9.84 Å². The van der Waals surface area contributed by atoms with Crippen LogP contribution in [-0.4, -0.2) is 45.4 Å². The van der Waals surface area contributed by atoms with Crippen LogP contribution in [0.1, 0.15) is 90.7 Å². The van der Waals surface area contributed by atoms with E-state index in [-0.39, 0.29) is 48.9 Å². The molecule has 0 saturated carbocycles. The Balaban J connectivity index is 0.000000402. The molecule has 0 aromatic carbocycles. The van der Waals surface area contributed by atoms with E-state index in [2.05, 4.69) is 20.6 Å². The minimum Gasteiger partial charge on any atom is -0.478 e. The molecular formula is C26H32F4N4O6. The number of nitrogens with zero attached hydrogens (tertiary/aromatic N) is 2. The molecule has 0 aliphatic carbocycles. The van der Waals surface area contributed by atoms with E-state index < -0.39 is 41.7 Å². The van der Waals surface area contributed by atoms with Gasteiger partial charge in [0.1, 0.15) is 11.4 Å². The Morgan fingerprint density at radius 1 is 0.800 bits per heavy atom. The highest BCUT2D eigenvalue weighted by Gasteiger charge is 2.22. The highest BCUT2D eigenvalue weighted by atomic mass is 19.3. The Morgan fingerprint density at radius 3 is 1.55 bits per heavy atom. The Hall–Kier alpha value is -4.10. The van der Waals surface area contributed by atoms with Crippen molar-refractivity contribution in [3.8, 4) is 0 Å². The summed E-state index contributed by atoms with van der Waals surface area (Å²) >= 11 is 0. The van der Waals surface area contributed by atoms with Crippen molar-refractivity contribution in [2.24, 2.45) is 11.8 Å². The van der Waals surface area contributed by atoms with Crippen LogP contribution in [0.4, 0.5) is 17.6 Å². The molecule has 2 aromatic rings. The maximum atomic E-state index is 12.8. The molecule has 0 spiro atoms. The molecule has 2 rings (SSSR count). The number of hydrogen-bond acceptors (Lipinski definition) is 7. The fraction of sp³-hybridized carbons (Fsp3) is 0.462. The summed E-state index contributed by atoms with van der Waals surface area (Å²) in [5.41, 5.74) is -1.40. The normalized spacial score (nSPS) is 10.8. The smallest absolute Gasteiger partial charge is 0.340 e. The number of aromatic carboxylic acids is 1. The van der Waals surface area contributed by atoms with Crippen LogP contribution in [0.2, 0.25) is 0 Å². The van der Waals surface area contributed by atoms with Crippen molar-refractivity contribution in [1.82, 2.24) is 20.6 Å². The van der Waals surface area contributed by atoms with Gasteiger partial charge in [-0.3, -0.25) is 19.6 Å². The van der Waals surface area contributed by atoms with Crippen LogP contribution in [-0.2, 0) is 27.4 Å². The summed E-state index contributed by atoms with van der Waals surface area (Å²) in [6.07, 6.45) is -3.48. The molecule has 0 fully saturated rings. The van der Waals surface area contributed by atoms with Crippen molar-refractivity contribution >= 4 is 23.8 Å². The van der Waals surface area contributed by atoms with Gasteiger partial charge >= 0.3 is 11.9 Å². The van der Waals surface area contributed by atoms with E-state index >= 15 is 0 Å². The van der Waals surface area contributed by atoms with Crippen LogP contribution in [0.3, 0.4) is 0 Å². The summed E-state index contributed by atoms with van der Waals surface area (Å²) in [7, 11) is 0. The maximum absolute atomic E-state index is 12.8. The number of hydrogen-bond donors (Lipinski definition) is 3. The molecule has 10 nitrogen and oxygen atoms in total. The van der Waals surface area contributed by atoms with Gasteiger partial charge in [0.2, 0.25) is 11.8 Å². The van der Waals surface area contributed by atoms with Crippen molar-refractivity contribution in [3.63, 3.8) is 0 Å². The lowest BCUT2D eigenvalue weighted by Crippen LogP contribution is -2.27. The minimum absolute atomic E-state index is 0.0494. The predicted molar refractivity (Wildman–Crippen MR) is 135 cm³/mol. The number of carboxylic acids is 1. The zero-order valence-corrected chi connectivity index (χ0v) is 22.6. The Bertz CT molecular complexity index is 1190. The Labute approximate surface area is 228 Å². The SMILES string of the molecule is CC(C)C(=O)NCc1cnc(C(F)F)c(C(=O)O)c1.CCOC(=O)c1cc(CNC(=O)C(C)C)cnc1C(F)F. The van der Waals surface area contributed by atoms with Crippen LogP contribution in [0.25, 0.3) is 0 Å². The molecule has 0 atom stereocenters. The fourth-order valence-electron chi connectivity index (χ4n) is 2.91. The minimum atomic E-state index is -2.95. The second kappa shape index (κ2) is 16.1. The van der Waals surface area contributed by atoms with Gasteiger partial charge in [0, 0.05) is 37.3 Å². The number of esters is 1. The number of alkyl halides is 4. The highest BCUT2D eigenvalue weighted by Crippen LogP contribution is 2.23. The van der Waals surface area contributed by atoms with E-state index in [0.717, 1.165) is 12.3 Å². The third-order valence-electron chi connectivity index (χ3n) is 5.07. The molecule has 0 aliphatic heterocycles. The van der Waals surface area contributed by atoms with Crippen molar-refractivity contribution in [1.29, 1.82) is 0 Å². The third kappa shape index (κ3) is 10.6. The summed E-state index contributed by atoms with van der Waals surface area (Å²) < 4.78 is 55.5. The Kier molecular flexibility index (Phi) is 13.7. The zero-order chi connectivity index (χ0) is 30.6. The standard InChI is InChI=1S/C14H18F2N2O3.C12H14F2N2O3/c1-4-21-14(20)10-5-9(6-17-11(10)12(15)16)7-18-13(19)8(2)3;1-6(2)11(17)16-5-7-3-8(12(18)19)9(10(13)14)15-4-7/h5-6,8,12H,4,7H2,1-3H3,(H,18,19);3-4,6,10H,5H2,1-2H3,(H,16,17)(H,18,19). The van der Waals surface area contributed by atoms with Gasteiger partial charge in [-0.25, -0.2) is 27.2 Å². The molecule has 2 amide bonds. The quantitative estimate of drug-likeness (QED) is 0.264. The topological polar surface area (TPSA) is 148 Å². The van der Waals surface area contributed by atoms with E-state index in [1.54, 1.807) is 34.6 Å². The number of nitrogens with one attached hydrogen (secondary N) is 2. The average Bonchev–Trinajstić information content (AvgIpc) is 2.90. The van der Waals surface area contributed by atoms with Gasteiger partial charge in [0.25, 0.3) is 12.9 Å². The number of amides is 2. The van der Waals surface area contributed by atoms with Crippen molar-refractivity contribution < 1.29 is 46.6 Å². The molecule has 40 heavy (non-hydrogen) atoms. The molecule has 0 unspecified atom stereocenters. The molecule has 2 heterocycles. The predicted octanol–water partition coefficient (Wildman–Crippen LogP) is 4.46. The summed E-state index contributed by atoms with van der Waals surface area (Å²) in [6, 6.07) is 2.37. The molecule has 3 N–H and O–H groups in total. The van der Waals surface area contributed by atoms with Gasteiger partial charge in [-0.15, -0.1) is 0 Å². The third-order valence-corrected chi connectivity index (χ3v) is 5.07. The molecule has 2 aromatic heterocycles. The number of carbonyl (C=O) groups excluding carboxylic acids is 3. The Morgan fingerprint density at radius 2 is 1.20 bits per heavy atom. The maximum Gasteiger partial charge on any atom is 0.340 e. The summed E-state index contributed by atoms with van der Waals surface area (Å²) in [4.78, 5) is 52.4. The first-order valence-electron chi connectivity index (χ1n) is 12.2. The van der Waals surface area contributed by atoms with E-state index in [0.29, 0.717) is 11.1 Å². The molecule has 0 bridgehead atoms. The molecule has 0 aliphatic rings. The summed E-state index contributed by atoms with van der Waals surface area (Å²) in [5, 5.41) is 14.0. The molecular weight excluding hydrogens is 540 g/mol. The zero-order valence-electron chi connectivity index (χ0n) is 22.6. The van der Waals surface area contributed by atoms with Gasteiger partial charge in [0.05, 0.1) is 17.7 Å². The van der Waals surface area contributed by atoms with Crippen LogP contribution in [0.15, 0.2) is 24.5 Å². The van der Waals surface area contributed by atoms with Crippen molar-refractivity contribution in [2.75, 3.05) is 6.61 Å². The molecule has 220 valence electrons. The lowest BCUT2D eigenvalue weighted by atomic mass is 10.1. The highest BCUT2D eigenvalue weighted by molar-refractivity contribution is 5.91. The van der Waals surface area contributed by atoms with Gasteiger partial charge < -0.3 is 20.5 Å². The number of halogens is 4. The first-order chi connectivity index (χ1) is 18.7. The van der Waals surface area contributed by atoms with Crippen LogP contribution in [0, 0.1) is 11.8 Å². The number of pyridine rings is 2. The summed E-state index contributed by atoms with van der Waals surface area (Å²) in [6.45, 7) is 8.70. The first-order valence-corrected chi connectivity index (χ1v) is 12.2. The molecule has 0 radical (unpaired) electrons. The van der Waals surface area contributed by atoms with Crippen molar-refractivity contribution in [2.45, 2.75) is 60.6 Å². The lowest BCUT2D eigenvalue weighted by molar-refractivity contribution is -0.124. The monoisotopic (exact) mass is 572 g/mol. The van der Waals surface area contributed by atoms with Gasteiger partial charge in [0.15, 0.2) is 0 Å². The largest absolute Gasteiger partial charge is 0.478 e. The van der Waals surface area contributed by atoms with E-state index in [9.17, 15) is 36.7 Å². The van der Waals surface area contributed by atoms with E-state index in [1.807, 2.05) is 0 Å². The number of aromatic nitrogens is 2. The second-order valence-electron chi connectivity index (χ2n) is 8.92. The van der Waals surface area contributed by atoms with Gasteiger partial charge in [-0.1, -0.05) is 27.7 Å². The van der Waals surface area contributed by atoms with Crippen LogP contribution in [0.5, 0.6) is 0 Å². The molecule has 0 saturated heterocycles. The fourth-order valence-corrected chi connectivity index (χ4v) is 2.91.